The zero-order chi connectivity index (χ0) is 18.1. The highest BCUT2D eigenvalue weighted by Gasteiger charge is 2.33. The van der Waals surface area contributed by atoms with E-state index in [1.165, 1.54) is 11.0 Å². The molecule has 1 fully saturated rings. The van der Waals surface area contributed by atoms with Crippen LogP contribution in [0.3, 0.4) is 0 Å². The van der Waals surface area contributed by atoms with Crippen LogP contribution in [-0.4, -0.2) is 35.8 Å². The predicted molar refractivity (Wildman–Crippen MR) is 82.7 cm³/mol. The topological polar surface area (TPSA) is 64.8 Å². The Labute approximate surface area is 138 Å². The van der Waals surface area contributed by atoms with E-state index < -0.39 is 29.5 Å². The molecule has 1 amide bonds. The Hall–Kier alpha value is -2.12. The lowest BCUT2D eigenvalue weighted by molar-refractivity contribution is -0.137. The normalized spacial score (nSPS) is 18.6. The van der Waals surface area contributed by atoms with E-state index in [1.54, 1.807) is 20.8 Å². The molecule has 2 N–H and O–H groups in total. The van der Waals surface area contributed by atoms with Crippen LogP contribution in [0.4, 0.5) is 23.7 Å². The highest BCUT2D eigenvalue weighted by molar-refractivity contribution is 5.68. The predicted octanol–water partition coefficient (Wildman–Crippen LogP) is 3.68. The summed E-state index contributed by atoms with van der Waals surface area (Å²) < 4.78 is 49.2. The number of nitrogens with zero attached hydrogens (tertiary/aromatic N) is 1. The molecule has 8 heteroatoms. The van der Waals surface area contributed by atoms with E-state index in [0.29, 0.717) is 13.0 Å². The number of likely N-dealkylation sites (tertiary alicyclic amines) is 1. The lowest BCUT2D eigenvalue weighted by Gasteiger charge is -2.24. The fraction of sp³-hybridized carbons (Fsp3) is 0.562. The number of rotatable bonds is 2. The van der Waals surface area contributed by atoms with Gasteiger partial charge >= 0.3 is 12.3 Å². The second-order valence-electron chi connectivity index (χ2n) is 6.71. The summed E-state index contributed by atoms with van der Waals surface area (Å²) in [5.41, 5.74) is 4.38. The van der Waals surface area contributed by atoms with Crippen LogP contribution in [0, 0.1) is 0 Å². The van der Waals surface area contributed by atoms with E-state index in [-0.39, 0.29) is 18.0 Å². The molecule has 0 aliphatic carbocycles. The van der Waals surface area contributed by atoms with Crippen LogP contribution < -0.4 is 10.5 Å². The van der Waals surface area contributed by atoms with E-state index in [4.69, 9.17) is 15.2 Å². The molecule has 1 heterocycles. The summed E-state index contributed by atoms with van der Waals surface area (Å²) in [4.78, 5) is 13.5. The quantitative estimate of drug-likeness (QED) is 0.830. The number of nitrogen functional groups attached to an aromatic ring is 1. The van der Waals surface area contributed by atoms with Crippen LogP contribution in [0.2, 0.25) is 0 Å². The number of carbonyl (C=O) groups excluding carboxylic acids is 1. The first-order chi connectivity index (χ1) is 11.0. The molecule has 1 aromatic rings. The van der Waals surface area contributed by atoms with Gasteiger partial charge in [-0.05, 0) is 39.0 Å². The molecule has 1 aromatic carbocycles. The van der Waals surface area contributed by atoms with Crippen molar-refractivity contribution in [2.45, 2.75) is 45.1 Å². The third kappa shape index (κ3) is 4.69. The van der Waals surface area contributed by atoms with Crippen LogP contribution in [0.25, 0.3) is 0 Å². The molecular formula is C16H21F3N2O3. The number of halogens is 3. The van der Waals surface area contributed by atoms with Crippen LogP contribution >= 0.6 is 0 Å². The van der Waals surface area contributed by atoms with Gasteiger partial charge in [0.1, 0.15) is 17.5 Å². The van der Waals surface area contributed by atoms with Crippen molar-refractivity contribution in [3.8, 4) is 5.75 Å². The molecule has 0 radical (unpaired) electrons. The minimum absolute atomic E-state index is 0.0270. The van der Waals surface area contributed by atoms with Gasteiger partial charge in [0.25, 0.3) is 0 Å². The molecule has 24 heavy (non-hydrogen) atoms. The molecule has 1 unspecified atom stereocenters. The number of hydrogen-bond acceptors (Lipinski definition) is 4. The summed E-state index contributed by atoms with van der Waals surface area (Å²) >= 11 is 0. The van der Waals surface area contributed by atoms with Crippen molar-refractivity contribution in [3.63, 3.8) is 0 Å². The Morgan fingerprint density at radius 2 is 1.96 bits per heavy atom. The van der Waals surface area contributed by atoms with Crippen molar-refractivity contribution in [1.29, 1.82) is 0 Å². The molecule has 2 rings (SSSR count). The van der Waals surface area contributed by atoms with Crippen LogP contribution in [0.15, 0.2) is 18.2 Å². The lowest BCUT2D eigenvalue weighted by atomic mass is 10.2. The van der Waals surface area contributed by atoms with Crippen molar-refractivity contribution < 1.29 is 27.4 Å². The minimum Gasteiger partial charge on any atom is -0.486 e. The Morgan fingerprint density at radius 1 is 1.29 bits per heavy atom. The highest BCUT2D eigenvalue weighted by atomic mass is 19.4. The zero-order valence-electron chi connectivity index (χ0n) is 13.8. The Morgan fingerprint density at radius 3 is 2.54 bits per heavy atom. The Balaban J connectivity index is 2.02. The Kier molecular flexibility index (Phi) is 4.87. The monoisotopic (exact) mass is 346 g/mol. The van der Waals surface area contributed by atoms with Gasteiger partial charge in [-0.25, -0.2) is 4.79 Å². The summed E-state index contributed by atoms with van der Waals surface area (Å²) in [6, 6.07) is 2.95. The van der Waals surface area contributed by atoms with Gasteiger partial charge in [-0.3, -0.25) is 0 Å². The molecular weight excluding hydrogens is 325 g/mol. The summed E-state index contributed by atoms with van der Waals surface area (Å²) in [6.07, 6.45) is -4.87. The summed E-state index contributed by atoms with van der Waals surface area (Å²) in [6.45, 7) is 5.94. The third-order valence-electron chi connectivity index (χ3n) is 3.43. The third-order valence-corrected chi connectivity index (χ3v) is 3.43. The number of benzene rings is 1. The van der Waals surface area contributed by atoms with Crippen molar-refractivity contribution in [1.82, 2.24) is 4.90 Å². The molecule has 1 aliphatic heterocycles. The average molecular weight is 346 g/mol. The fourth-order valence-corrected chi connectivity index (χ4v) is 2.31. The molecule has 134 valence electrons. The van der Waals surface area contributed by atoms with Crippen molar-refractivity contribution in [2.24, 2.45) is 0 Å². The summed E-state index contributed by atoms with van der Waals surface area (Å²) in [5, 5.41) is 0. The number of alkyl halides is 3. The van der Waals surface area contributed by atoms with Gasteiger partial charge in [-0.1, -0.05) is 0 Å². The van der Waals surface area contributed by atoms with Crippen LogP contribution in [0.1, 0.15) is 32.8 Å². The molecule has 0 saturated carbocycles. The molecule has 0 aromatic heterocycles. The second kappa shape index (κ2) is 6.41. The number of carbonyl (C=O) groups is 1. The van der Waals surface area contributed by atoms with Gasteiger partial charge in [0.05, 0.1) is 17.8 Å². The SMILES string of the molecule is CC(C)(C)OC(=O)N1CCC(Oc2cc(C(F)(F)F)ccc2N)C1. The smallest absolute Gasteiger partial charge is 0.416 e. The maximum Gasteiger partial charge on any atom is 0.416 e. The van der Waals surface area contributed by atoms with Crippen molar-refractivity contribution >= 4 is 11.8 Å². The van der Waals surface area contributed by atoms with Gasteiger partial charge < -0.3 is 20.1 Å². The summed E-state index contributed by atoms with van der Waals surface area (Å²) in [7, 11) is 0. The van der Waals surface area contributed by atoms with Crippen LogP contribution in [-0.2, 0) is 10.9 Å². The zero-order valence-corrected chi connectivity index (χ0v) is 13.8. The Bertz CT molecular complexity index is 612. The first-order valence-electron chi connectivity index (χ1n) is 7.57. The van der Waals surface area contributed by atoms with E-state index >= 15 is 0 Å². The molecule has 1 aliphatic rings. The summed E-state index contributed by atoms with van der Waals surface area (Å²) in [5.74, 6) is -0.0270. The maximum absolute atomic E-state index is 12.8. The molecule has 5 nitrogen and oxygen atoms in total. The van der Waals surface area contributed by atoms with E-state index in [2.05, 4.69) is 0 Å². The molecule has 1 saturated heterocycles. The second-order valence-corrected chi connectivity index (χ2v) is 6.71. The standard InChI is InChI=1S/C16H21F3N2O3/c1-15(2,3)24-14(22)21-7-6-11(9-21)23-13-8-10(16(17,18)19)4-5-12(13)20/h4-5,8,11H,6-7,9,20H2,1-3H3. The maximum atomic E-state index is 12.8. The number of ether oxygens (including phenoxy) is 2. The van der Waals surface area contributed by atoms with E-state index in [9.17, 15) is 18.0 Å². The average Bonchev–Trinajstić information content (AvgIpc) is 2.87. The number of nitrogens with two attached hydrogens (primary N) is 1. The van der Waals surface area contributed by atoms with Gasteiger partial charge in [-0.2, -0.15) is 13.2 Å². The minimum atomic E-state index is -4.47. The van der Waals surface area contributed by atoms with Gasteiger partial charge in [0.15, 0.2) is 0 Å². The molecule has 0 spiro atoms. The number of anilines is 1. The first-order valence-corrected chi connectivity index (χ1v) is 7.57. The molecule has 0 bridgehead atoms. The van der Waals surface area contributed by atoms with Gasteiger partial charge in [0.2, 0.25) is 0 Å². The van der Waals surface area contributed by atoms with Crippen molar-refractivity contribution in [2.75, 3.05) is 18.8 Å². The largest absolute Gasteiger partial charge is 0.486 e. The van der Waals surface area contributed by atoms with Crippen LogP contribution in [0.5, 0.6) is 5.75 Å². The van der Waals surface area contributed by atoms with Gasteiger partial charge in [-0.15, -0.1) is 0 Å². The number of hydrogen-bond donors (Lipinski definition) is 1. The number of amides is 1. The highest BCUT2D eigenvalue weighted by Crippen LogP contribution is 2.35. The fourth-order valence-electron chi connectivity index (χ4n) is 2.31. The van der Waals surface area contributed by atoms with E-state index in [1.807, 2.05) is 0 Å². The first kappa shape index (κ1) is 18.2. The van der Waals surface area contributed by atoms with Gasteiger partial charge in [0, 0.05) is 13.0 Å². The van der Waals surface area contributed by atoms with E-state index in [0.717, 1.165) is 12.1 Å². The lowest BCUT2D eigenvalue weighted by Crippen LogP contribution is -2.36. The molecule has 1 atom stereocenters. The van der Waals surface area contributed by atoms with Crippen molar-refractivity contribution in [3.05, 3.63) is 23.8 Å².